The van der Waals surface area contributed by atoms with Gasteiger partial charge in [-0.2, -0.15) is 0 Å². The highest BCUT2D eigenvalue weighted by Crippen LogP contribution is 2.29. The van der Waals surface area contributed by atoms with Crippen LogP contribution in [-0.4, -0.2) is 16.7 Å². The highest BCUT2D eigenvalue weighted by molar-refractivity contribution is 7.98. The van der Waals surface area contributed by atoms with Crippen LogP contribution in [0.5, 0.6) is 5.75 Å². The van der Waals surface area contributed by atoms with Crippen LogP contribution in [0.1, 0.15) is 5.56 Å². The molecule has 4 rings (SSSR count). The van der Waals surface area contributed by atoms with Gasteiger partial charge in [-0.25, -0.2) is 4.98 Å². The van der Waals surface area contributed by atoms with Gasteiger partial charge in [0.25, 0.3) is 5.56 Å². The van der Waals surface area contributed by atoms with E-state index >= 15 is 0 Å². The molecule has 0 aliphatic rings. The molecule has 0 saturated carbocycles. The van der Waals surface area contributed by atoms with E-state index < -0.39 is 0 Å². The zero-order chi connectivity index (χ0) is 19.5. The topological polar surface area (TPSA) is 44.1 Å². The van der Waals surface area contributed by atoms with Crippen LogP contribution in [-0.2, 0) is 5.75 Å². The first-order valence-electron chi connectivity index (χ1n) is 8.70. The van der Waals surface area contributed by atoms with Crippen molar-refractivity contribution in [1.29, 1.82) is 0 Å². The second kappa shape index (κ2) is 8.09. The van der Waals surface area contributed by atoms with E-state index in [0.717, 1.165) is 5.56 Å². The number of rotatable bonds is 5. The van der Waals surface area contributed by atoms with Gasteiger partial charge in [0.1, 0.15) is 5.75 Å². The maximum absolute atomic E-state index is 13.3. The van der Waals surface area contributed by atoms with E-state index in [0.29, 0.717) is 38.3 Å². The minimum absolute atomic E-state index is 0.117. The molecule has 1 heterocycles. The molecule has 4 aromatic rings. The number of fused-ring (bicyclic) bond motifs is 1. The van der Waals surface area contributed by atoms with Gasteiger partial charge in [0.15, 0.2) is 5.16 Å². The van der Waals surface area contributed by atoms with Crippen LogP contribution >= 0.6 is 23.4 Å². The fourth-order valence-corrected chi connectivity index (χ4v) is 4.05. The molecule has 0 spiro atoms. The highest BCUT2D eigenvalue weighted by Gasteiger charge is 2.16. The lowest BCUT2D eigenvalue weighted by atomic mass is 10.2. The summed E-state index contributed by atoms with van der Waals surface area (Å²) in [6.45, 7) is 0. The molecule has 6 heteroatoms. The third-order valence-corrected chi connectivity index (χ3v) is 5.61. The number of hydrogen-bond acceptors (Lipinski definition) is 4. The van der Waals surface area contributed by atoms with Crippen molar-refractivity contribution in [2.75, 3.05) is 7.11 Å². The summed E-state index contributed by atoms with van der Waals surface area (Å²) in [5.41, 5.74) is 2.33. The maximum Gasteiger partial charge on any atom is 0.266 e. The fraction of sp³-hybridized carbons (Fsp3) is 0.0909. The summed E-state index contributed by atoms with van der Waals surface area (Å²) in [7, 11) is 1.60. The second-order valence-electron chi connectivity index (χ2n) is 6.14. The Morgan fingerprint density at radius 3 is 2.50 bits per heavy atom. The number of ether oxygens (including phenoxy) is 1. The summed E-state index contributed by atoms with van der Waals surface area (Å²) in [4.78, 5) is 18.1. The Balaban J connectivity index is 1.86. The number of nitrogens with zero attached hydrogens (tertiary/aromatic N) is 2. The highest BCUT2D eigenvalue weighted by atomic mass is 35.5. The Hall–Kier alpha value is -2.76. The van der Waals surface area contributed by atoms with Gasteiger partial charge >= 0.3 is 0 Å². The van der Waals surface area contributed by atoms with Gasteiger partial charge in [0.2, 0.25) is 0 Å². The molecule has 0 amide bonds. The van der Waals surface area contributed by atoms with E-state index in [-0.39, 0.29) is 5.56 Å². The predicted octanol–water partition coefficient (Wildman–Crippen LogP) is 5.34. The second-order valence-corrected chi connectivity index (χ2v) is 7.52. The van der Waals surface area contributed by atoms with Gasteiger partial charge in [-0.15, -0.1) is 0 Å². The summed E-state index contributed by atoms with van der Waals surface area (Å²) in [5.74, 6) is 1.28. The number of aromatic nitrogens is 2. The largest absolute Gasteiger partial charge is 0.495 e. The Morgan fingerprint density at radius 2 is 1.71 bits per heavy atom. The van der Waals surface area contributed by atoms with Crippen molar-refractivity contribution in [3.63, 3.8) is 0 Å². The van der Waals surface area contributed by atoms with E-state index in [2.05, 4.69) is 0 Å². The van der Waals surface area contributed by atoms with Crippen LogP contribution in [0.25, 0.3) is 16.6 Å². The number of hydrogen-bond donors (Lipinski definition) is 0. The Kier molecular flexibility index (Phi) is 5.37. The van der Waals surface area contributed by atoms with Crippen molar-refractivity contribution < 1.29 is 4.74 Å². The molecular weight excluding hydrogens is 392 g/mol. The van der Waals surface area contributed by atoms with Crippen LogP contribution in [0.4, 0.5) is 0 Å². The maximum atomic E-state index is 13.3. The van der Waals surface area contributed by atoms with Crippen molar-refractivity contribution in [3.8, 4) is 11.4 Å². The number of thioether (sulfide) groups is 1. The van der Waals surface area contributed by atoms with Gasteiger partial charge in [-0.05, 0) is 42.0 Å². The Morgan fingerprint density at radius 1 is 1.00 bits per heavy atom. The van der Waals surface area contributed by atoms with Gasteiger partial charge < -0.3 is 4.74 Å². The monoisotopic (exact) mass is 408 g/mol. The molecule has 4 nitrogen and oxygen atoms in total. The van der Waals surface area contributed by atoms with Gasteiger partial charge in [-0.3, -0.25) is 9.36 Å². The lowest BCUT2D eigenvalue weighted by molar-refractivity contribution is 0.411. The first-order chi connectivity index (χ1) is 13.7. The molecule has 3 aromatic carbocycles. The molecule has 0 fully saturated rings. The van der Waals surface area contributed by atoms with E-state index in [1.54, 1.807) is 17.7 Å². The molecular formula is C22H17ClN2O2S. The molecule has 28 heavy (non-hydrogen) atoms. The van der Waals surface area contributed by atoms with Crippen LogP contribution in [0.15, 0.2) is 82.7 Å². The van der Waals surface area contributed by atoms with Crippen LogP contribution in [0.3, 0.4) is 0 Å². The molecule has 0 N–H and O–H groups in total. The minimum atomic E-state index is -0.117. The lowest BCUT2D eigenvalue weighted by Gasteiger charge is -2.15. The van der Waals surface area contributed by atoms with Crippen LogP contribution in [0.2, 0.25) is 5.02 Å². The van der Waals surface area contributed by atoms with E-state index in [1.165, 1.54) is 11.8 Å². The third kappa shape index (κ3) is 3.63. The molecule has 140 valence electrons. The quantitative estimate of drug-likeness (QED) is 0.330. The van der Waals surface area contributed by atoms with Crippen molar-refractivity contribution in [2.45, 2.75) is 10.9 Å². The molecule has 0 unspecified atom stereocenters. The van der Waals surface area contributed by atoms with E-state index in [9.17, 15) is 4.79 Å². The summed E-state index contributed by atoms with van der Waals surface area (Å²) >= 11 is 7.48. The van der Waals surface area contributed by atoms with Crippen molar-refractivity contribution >= 4 is 34.3 Å². The molecule has 0 aliphatic heterocycles. The standard InChI is InChI=1S/C22H17ClN2O2S/c1-27-20-9-5-4-8-19(20)25-21(26)17-6-2-3-7-18(17)24-22(25)28-14-15-10-12-16(23)13-11-15/h2-13H,14H2,1H3. The summed E-state index contributed by atoms with van der Waals surface area (Å²) < 4.78 is 7.11. The summed E-state index contributed by atoms with van der Waals surface area (Å²) in [5, 5.41) is 1.89. The van der Waals surface area contributed by atoms with Crippen molar-refractivity contribution in [2.24, 2.45) is 0 Å². The molecule has 0 bridgehead atoms. The zero-order valence-corrected chi connectivity index (χ0v) is 16.7. The van der Waals surface area contributed by atoms with Crippen molar-refractivity contribution in [1.82, 2.24) is 9.55 Å². The summed E-state index contributed by atoms with van der Waals surface area (Å²) in [6.07, 6.45) is 0. The third-order valence-electron chi connectivity index (χ3n) is 4.35. The van der Waals surface area contributed by atoms with E-state index in [4.69, 9.17) is 21.3 Å². The number of para-hydroxylation sites is 3. The number of methoxy groups -OCH3 is 1. The van der Waals surface area contributed by atoms with E-state index in [1.807, 2.05) is 66.7 Å². The van der Waals surface area contributed by atoms with Gasteiger partial charge in [-0.1, -0.05) is 59.8 Å². The average Bonchev–Trinajstić information content (AvgIpc) is 2.73. The first kappa shape index (κ1) is 18.6. The van der Waals surface area contributed by atoms with Crippen molar-refractivity contribution in [3.05, 3.63) is 93.7 Å². The SMILES string of the molecule is COc1ccccc1-n1c(SCc2ccc(Cl)cc2)nc2ccccc2c1=O. The van der Waals surface area contributed by atoms with Crippen LogP contribution in [0, 0.1) is 0 Å². The number of benzene rings is 3. The normalized spacial score (nSPS) is 10.9. The van der Waals surface area contributed by atoms with Gasteiger partial charge in [0, 0.05) is 10.8 Å². The lowest BCUT2D eigenvalue weighted by Crippen LogP contribution is -2.22. The number of halogens is 1. The minimum Gasteiger partial charge on any atom is -0.495 e. The Labute approximate surface area is 171 Å². The molecule has 0 radical (unpaired) electrons. The smallest absolute Gasteiger partial charge is 0.266 e. The van der Waals surface area contributed by atoms with Gasteiger partial charge in [0.05, 0.1) is 23.7 Å². The first-order valence-corrected chi connectivity index (χ1v) is 10.1. The average molecular weight is 409 g/mol. The molecule has 0 aliphatic carbocycles. The molecule has 0 saturated heterocycles. The van der Waals surface area contributed by atoms with Crippen LogP contribution < -0.4 is 10.3 Å². The molecule has 1 aromatic heterocycles. The molecule has 0 atom stereocenters. The predicted molar refractivity (Wildman–Crippen MR) is 115 cm³/mol. The summed E-state index contributed by atoms with van der Waals surface area (Å²) in [6, 6.07) is 22.5. The zero-order valence-electron chi connectivity index (χ0n) is 15.1. The Bertz CT molecular complexity index is 1190. The fourth-order valence-electron chi connectivity index (χ4n) is 2.96.